The summed E-state index contributed by atoms with van der Waals surface area (Å²) < 4.78 is 11.6. The van der Waals surface area contributed by atoms with Gasteiger partial charge in [0.05, 0.1) is 9.85 Å². The molecule has 0 aliphatic rings. The van der Waals surface area contributed by atoms with Crippen molar-refractivity contribution in [3.8, 4) is 23.0 Å². The molecule has 1 unspecified atom stereocenters. The van der Waals surface area contributed by atoms with Crippen molar-refractivity contribution in [1.29, 1.82) is 0 Å². The number of nitro groups is 2. The van der Waals surface area contributed by atoms with E-state index in [4.69, 9.17) is 9.47 Å². The van der Waals surface area contributed by atoms with Gasteiger partial charge >= 0.3 is 0 Å². The molecule has 4 rings (SSSR count). The number of benzene rings is 4. The molecule has 11 nitrogen and oxygen atoms in total. The van der Waals surface area contributed by atoms with E-state index in [1.807, 2.05) is 49.4 Å². The minimum atomic E-state index is -0.437. The van der Waals surface area contributed by atoms with Gasteiger partial charge in [-0.05, 0) is 79.1 Å². The molecule has 224 valence electrons. The van der Waals surface area contributed by atoms with Crippen molar-refractivity contribution in [2.75, 3.05) is 19.6 Å². The fraction of sp³-hybridized carbons (Fsp3) is 0.250. The van der Waals surface area contributed by atoms with Gasteiger partial charge in [0.1, 0.15) is 23.0 Å². The van der Waals surface area contributed by atoms with Gasteiger partial charge in [-0.3, -0.25) is 20.2 Å². The number of aryl methyl sites for hydroxylation is 1. The van der Waals surface area contributed by atoms with Crippen molar-refractivity contribution in [2.45, 2.75) is 33.0 Å². The minimum Gasteiger partial charge on any atom is -0.457 e. The molecule has 0 saturated heterocycles. The molecule has 0 aromatic heterocycles. The van der Waals surface area contributed by atoms with Crippen LogP contribution in [-0.2, 0) is 13.1 Å². The normalized spacial score (nSPS) is 11.6. The first-order valence-corrected chi connectivity index (χ1v) is 13.9. The molecule has 0 spiro atoms. The maximum atomic E-state index is 10.8. The standard InChI is InChI=1S/C32H35N5O6/c1-23-19-32(43-31-15-8-28(9-16-31)37(40)41)12-5-26(23)22-35-24(2)20-33-17-18-34-21-25-3-10-29(11-4-25)42-30-13-6-27(7-14-30)36(38)39/h3-16,19,24,33-35H,17-18,20-22H2,1-2H3. The summed E-state index contributed by atoms with van der Waals surface area (Å²) in [5.74, 6) is 2.45. The summed E-state index contributed by atoms with van der Waals surface area (Å²) in [6, 6.07) is 25.9. The Morgan fingerprint density at radius 3 is 1.70 bits per heavy atom. The Hall–Kier alpha value is -4.84. The highest BCUT2D eigenvalue weighted by Crippen LogP contribution is 2.26. The lowest BCUT2D eigenvalue weighted by molar-refractivity contribution is -0.385. The minimum absolute atomic E-state index is 0.0295. The molecule has 4 aromatic carbocycles. The summed E-state index contributed by atoms with van der Waals surface area (Å²) in [5.41, 5.74) is 3.46. The summed E-state index contributed by atoms with van der Waals surface area (Å²) in [6.45, 7) is 8.13. The van der Waals surface area contributed by atoms with Crippen LogP contribution in [0, 0.1) is 27.2 Å². The zero-order chi connectivity index (χ0) is 30.6. The molecule has 1 atom stereocenters. The van der Waals surface area contributed by atoms with Crippen molar-refractivity contribution < 1.29 is 19.3 Å². The monoisotopic (exact) mass is 585 g/mol. The molecule has 0 aliphatic carbocycles. The Labute approximate surface area is 250 Å². The number of non-ortho nitro benzene ring substituents is 2. The molecule has 0 bridgehead atoms. The first-order valence-electron chi connectivity index (χ1n) is 13.9. The van der Waals surface area contributed by atoms with Crippen LogP contribution in [0.3, 0.4) is 0 Å². The molecular formula is C32H35N5O6. The average molecular weight is 586 g/mol. The molecule has 11 heteroatoms. The number of nitrogens with zero attached hydrogens (tertiary/aromatic N) is 2. The van der Waals surface area contributed by atoms with Gasteiger partial charge in [0.25, 0.3) is 11.4 Å². The molecule has 0 amide bonds. The van der Waals surface area contributed by atoms with Crippen molar-refractivity contribution in [1.82, 2.24) is 16.0 Å². The van der Waals surface area contributed by atoms with Crippen molar-refractivity contribution >= 4 is 11.4 Å². The number of nitrogens with one attached hydrogen (secondary N) is 3. The zero-order valence-corrected chi connectivity index (χ0v) is 24.1. The van der Waals surface area contributed by atoms with Crippen molar-refractivity contribution in [2.24, 2.45) is 0 Å². The van der Waals surface area contributed by atoms with Crippen molar-refractivity contribution in [3.05, 3.63) is 128 Å². The van der Waals surface area contributed by atoms with E-state index in [1.54, 1.807) is 24.3 Å². The second-order valence-corrected chi connectivity index (χ2v) is 10.1. The Morgan fingerprint density at radius 2 is 1.16 bits per heavy atom. The Balaban J connectivity index is 1.09. The number of hydrogen-bond acceptors (Lipinski definition) is 9. The van der Waals surface area contributed by atoms with Gasteiger partial charge in [0.2, 0.25) is 0 Å². The highest BCUT2D eigenvalue weighted by atomic mass is 16.6. The van der Waals surface area contributed by atoms with Crippen LogP contribution in [0.2, 0.25) is 0 Å². The molecular weight excluding hydrogens is 550 g/mol. The number of nitro benzene ring substituents is 2. The van der Waals surface area contributed by atoms with Crippen LogP contribution in [0.5, 0.6) is 23.0 Å². The number of hydrogen-bond donors (Lipinski definition) is 3. The first-order chi connectivity index (χ1) is 20.8. The van der Waals surface area contributed by atoms with Gasteiger partial charge in [0, 0.05) is 63.0 Å². The largest absolute Gasteiger partial charge is 0.457 e. The third-order valence-corrected chi connectivity index (χ3v) is 6.70. The highest BCUT2D eigenvalue weighted by molar-refractivity contribution is 5.41. The molecule has 0 aliphatic heterocycles. The smallest absolute Gasteiger partial charge is 0.269 e. The van der Waals surface area contributed by atoms with Crippen LogP contribution in [0.4, 0.5) is 11.4 Å². The lowest BCUT2D eigenvalue weighted by Gasteiger charge is -2.16. The van der Waals surface area contributed by atoms with Crippen LogP contribution >= 0.6 is 0 Å². The van der Waals surface area contributed by atoms with Gasteiger partial charge in [-0.25, -0.2) is 0 Å². The molecule has 0 radical (unpaired) electrons. The fourth-order valence-corrected chi connectivity index (χ4v) is 4.23. The van der Waals surface area contributed by atoms with E-state index >= 15 is 0 Å². The second-order valence-electron chi connectivity index (χ2n) is 10.1. The topological polar surface area (TPSA) is 141 Å². The number of ether oxygens (including phenoxy) is 2. The molecule has 0 saturated carbocycles. The van der Waals surface area contributed by atoms with Crippen LogP contribution in [0.1, 0.15) is 23.6 Å². The summed E-state index contributed by atoms with van der Waals surface area (Å²) in [7, 11) is 0. The van der Waals surface area contributed by atoms with Gasteiger partial charge in [-0.15, -0.1) is 0 Å². The van der Waals surface area contributed by atoms with E-state index in [0.717, 1.165) is 43.9 Å². The van der Waals surface area contributed by atoms with Gasteiger partial charge < -0.3 is 25.4 Å². The van der Waals surface area contributed by atoms with Gasteiger partial charge in [0.15, 0.2) is 0 Å². The van der Waals surface area contributed by atoms with Crippen LogP contribution in [0.25, 0.3) is 0 Å². The third-order valence-electron chi connectivity index (χ3n) is 6.70. The SMILES string of the molecule is Cc1cc(Oc2ccc([N+](=O)[O-])cc2)ccc1CNC(C)CNCCNCc1ccc(Oc2ccc([N+](=O)[O-])cc2)cc1. The number of rotatable bonds is 16. The molecule has 0 heterocycles. The lowest BCUT2D eigenvalue weighted by atomic mass is 10.1. The van der Waals surface area contributed by atoms with Gasteiger partial charge in [-0.2, -0.15) is 0 Å². The van der Waals surface area contributed by atoms with Crippen LogP contribution in [0.15, 0.2) is 91.0 Å². The van der Waals surface area contributed by atoms with Crippen LogP contribution in [-0.4, -0.2) is 35.5 Å². The van der Waals surface area contributed by atoms with Crippen molar-refractivity contribution in [3.63, 3.8) is 0 Å². The van der Waals surface area contributed by atoms with E-state index in [0.29, 0.717) is 23.0 Å². The molecule has 43 heavy (non-hydrogen) atoms. The summed E-state index contributed by atoms with van der Waals surface area (Å²) >= 11 is 0. The predicted molar refractivity (Wildman–Crippen MR) is 165 cm³/mol. The van der Waals surface area contributed by atoms with E-state index in [-0.39, 0.29) is 17.4 Å². The second kappa shape index (κ2) is 15.4. The Bertz CT molecular complexity index is 1490. The maximum absolute atomic E-state index is 10.8. The molecule has 0 fully saturated rings. The van der Waals surface area contributed by atoms with E-state index in [2.05, 4.69) is 22.9 Å². The highest BCUT2D eigenvalue weighted by Gasteiger charge is 2.08. The molecule has 3 N–H and O–H groups in total. The average Bonchev–Trinajstić information content (AvgIpc) is 3.00. The van der Waals surface area contributed by atoms with E-state index in [1.165, 1.54) is 29.8 Å². The van der Waals surface area contributed by atoms with Gasteiger partial charge in [-0.1, -0.05) is 18.2 Å². The third kappa shape index (κ3) is 9.89. The quantitative estimate of drug-likeness (QED) is 0.0790. The first kappa shape index (κ1) is 31.1. The Kier molecular flexibility index (Phi) is 11.1. The summed E-state index contributed by atoms with van der Waals surface area (Å²) in [4.78, 5) is 20.7. The fourth-order valence-electron chi connectivity index (χ4n) is 4.23. The van der Waals surface area contributed by atoms with E-state index < -0.39 is 9.85 Å². The maximum Gasteiger partial charge on any atom is 0.269 e. The predicted octanol–water partition coefficient (Wildman–Crippen LogP) is 6.25. The summed E-state index contributed by atoms with van der Waals surface area (Å²) in [6.07, 6.45) is 0. The summed E-state index contributed by atoms with van der Waals surface area (Å²) in [5, 5.41) is 32.0. The zero-order valence-electron chi connectivity index (χ0n) is 24.1. The molecule has 4 aromatic rings. The van der Waals surface area contributed by atoms with Crippen LogP contribution < -0.4 is 25.4 Å². The lowest BCUT2D eigenvalue weighted by Crippen LogP contribution is -2.38. The Morgan fingerprint density at radius 1 is 0.674 bits per heavy atom. The van der Waals surface area contributed by atoms with E-state index in [9.17, 15) is 20.2 Å².